The summed E-state index contributed by atoms with van der Waals surface area (Å²) in [5, 5.41) is 9.63. The van der Waals surface area contributed by atoms with Gasteiger partial charge in [0.15, 0.2) is 0 Å². The molecule has 1 unspecified atom stereocenters. The Bertz CT molecular complexity index is 105. The molecule has 10 heavy (non-hydrogen) atoms. The maximum Gasteiger partial charge on any atom is 0.0593 e. The number of aliphatic hydroxyl groups is 1. The van der Waals surface area contributed by atoms with Crippen molar-refractivity contribution in [1.82, 2.24) is 0 Å². The Morgan fingerprint density at radius 3 is 2.40 bits per heavy atom. The van der Waals surface area contributed by atoms with Crippen LogP contribution in [0.1, 0.15) is 46.0 Å². The highest BCUT2D eigenvalue weighted by Gasteiger charge is 2.37. The van der Waals surface area contributed by atoms with Crippen molar-refractivity contribution in [3.8, 4) is 0 Å². The molecule has 1 heteroatoms. The van der Waals surface area contributed by atoms with Gasteiger partial charge in [0.25, 0.3) is 0 Å². The molecule has 1 saturated carbocycles. The molecule has 1 nitrogen and oxygen atoms in total. The predicted octanol–water partition coefficient (Wildman–Crippen LogP) is 2.34. The average molecular weight is 142 g/mol. The molecule has 0 aromatic carbocycles. The van der Waals surface area contributed by atoms with Gasteiger partial charge in [0.05, 0.1) is 6.10 Å². The van der Waals surface area contributed by atoms with Crippen LogP contribution in [0.2, 0.25) is 0 Å². The van der Waals surface area contributed by atoms with E-state index in [1.807, 2.05) is 0 Å². The van der Waals surface area contributed by atoms with Crippen LogP contribution in [-0.4, -0.2) is 11.2 Å². The van der Waals surface area contributed by atoms with Crippen LogP contribution in [-0.2, 0) is 0 Å². The van der Waals surface area contributed by atoms with Gasteiger partial charge in [0.1, 0.15) is 0 Å². The second-order valence-electron chi connectivity index (χ2n) is 3.81. The molecule has 0 heterocycles. The number of aliphatic hydroxyl groups excluding tert-OH is 1. The van der Waals surface area contributed by atoms with E-state index in [1.54, 1.807) is 0 Å². The third-order valence-electron chi connectivity index (χ3n) is 2.86. The van der Waals surface area contributed by atoms with E-state index in [0.29, 0.717) is 0 Å². The highest BCUT2D eigenvalue weighted by Crippen LogP contribution is 2.44. The van der Waals surface area contributed by atoms with Gasteiger partial charge in [-0.15, -0.1) is 0 Å². The second-order valence-corrected chi connectivity index (χ2v) is 3.81. The Balaban J connectivity index is 2.31. The van der Waals surface area contributed by atoms with Crippen molar-refractivity contribution in [2.45, 2.75) is 52.1 Å². The van der Waals surface area contributed by atoms with Gasteiger partial charge in [-0.2, -0.15) is 0 Å². The Kier molecular flexibility index (Phi) is 2.35. The first-order valence-electron chi connectivity index (χ1n) is 4.37. The quantitative estimate of drug-likeness (QED) is 0.641. The van der Waals surface area contributed by atoms with E-state index in [-0.39, 0.29) is 11.5 Å². The summed E-state index contributed by atoms with van der Waals surface area (Å²) < 4.78 is 0. The summed E-state index contributed by atoms with van der Waals surface area (Å²) >= 11 is 0. The summed E-state index contributed by atoms with van der Waals surface area (Å²) in [6.45, 7) is 4.34. The lowest BCUT2D eigenvalue weighted by Crippen LogP contribution is -2.38. The summed E-state index contributed by atoms with van der Waals surface area (Å²) in [7, 11) is 0. The largest absolute Gasteiger partial charge is 0.393 e. The van der Waals surface area contributed by atoms with Gasteiger partial charge in [0.2, 0.25) is 0 Å². The van der Waals surface area contributed by atoms with Crippen LogP contribution in [0.4, 0.5) is 0 Å². The first kappa shape index (κ1) is 8.06. The SMILES string of the molecule is CCCC(O)C1(C)CCC1. The van der Waals surface area contributed by atoms with Crippen molar-refractivity contribution >= 4 is 0 Å². The third kappa shape index (κ3) is 1.34. The molecular formula is C9H18O. The van der Waals surface area contributed by atoms with Crippen molar-refractivity contribution in [3.63, 3.8) is 0 Å². The van der Waals surface area contributed by atoms with Crippen molar-refractivity contribution in [2.75, 3.05) is 0 Å². The molecule has 1 fully saturated rings. The van der Waals surface area contributed by atoms with Crippen LogP contribution >= 0.6 is 0 Å². The third-order valence-corrected chi connectivity index (χ3v) is 2.86. The van der Waals surface area contributed by atoms with Crippen molar-refractivity contribution in [1.29, 1.82) is 0 Å². The molecule has 0 aromatic heterocycles. The van der Waals surface area contributed by atoms with Crippen LogP contribution in [0.15, 0.2) is 0 Å². The fourth-order valence-electron chi connectivity index (χ4n) is 1.69. The summed E-state index contributed by atoms with van der Waals surface area (Å²) in [4.78, 5) is 0. The maximum absolute atomic E-state index is 9.63. The molecule has 0 saturated heterocycles. The van der Waals surface area contributed by atoms with E-state index < -0.39 is 0 Å². The second kappa shape index (κ2) is 2.91. The molecular weight excluding hydrogens is 124 g/mol. The van der Waals surface area contributed by atoms with Crippen LogP contribution in [0, 0.1) is 5.41 Å². The van der Waals surface area contributed by atoms with Gasteiger partial charge in [-0.05, 0) is 24.7 Å². The lowest BCUT2D eigenvalue weighted by molar-refractivity contribution is -0.0250. The van der Waals surface area contributed by atoms with E-state index in [9.17, 15) is 5.11 Å². The van der Waals surface area contributed by atoms with E-state index in [4.69, 9.17) is 0 Å². The van der Waals surface area contributed by atoms with Crippen LogP contribution in [0.5, 0.6) is 0 Å². The predicted molar refractivity (Wildman–Crippen MR) is 42.9 cm³/mol. The molecule has 0 amide bonds. The zero-order chi connectivity index (χ0) is 7.61. The molecule has 0 spiro atoms. The van der Waals surface area contributed by atoms with Crippen molar-refractivity contribution < 1.29 is 5.11 Å². The Morgan fingerprint density at radius 2 is 2.10 bits per heavy atom. The van der Waals surface area contributed by atoms with E-state index in [1.165, 1.54) is 19.3 Å². The van der Waals surface area contributed by atoms with Gasteiger partial charge in [-0.25, -0.2) is 0 Å². The minimum absolute atomic E-state index is 0.0359. The monoisotopic (exact) mass is 142 g/mol. The molecule has 0 aromatic rings. The van der Waals surface area contributed by atoms with Gasteiger partial charge >= 0.3 is 0 Å². The minimum Gasteiger partial charge on any atom is -0.393 e. The summed E-state index contributed by atoms with van der Waals surface area (Å²) in [5.41, 5.74) is 0.288. The van der Waals surface area contributed by atoms with E-state index in [2.05, 4.69) is 13.8 Å². The molecule has 0 bridgehead atoms. The molecule has 1 N–H and O–H groups in total. The number of hydrogen-bond donors (Lipinski definition) is 1. The Morgan fingerprint density at radius 1 is 1.50 bits per heavy atom. The van der Waals surface area contributed by atoms with Crippen LogP contribution in [0.3, 0.4) is 0 Å². The molecule has 60 valence electrons. The summed E-state index contributed by atoms with van der Waals surface area (Å²) in [6, 6.07) is 0. The van der Waals surface area contributed by atoms with Crippen molar-refractivity contribution in [2.24, 2.45) is 5.41 Å². The first-order valence-corrected chi connectivity index (χ1v) is 4.37. The zero-order valence-corrected chi connectivity index (χ0v) is 7.06. The molecule has 1 aliphatic carbocycles. The molecule has 1 rings (SSSR count). The normalized spacial score (nSPS) is 25.5. The van der Waals surface area contributed by atoms with E-state index in [0.717, 1.165) is 12.8 Å². The smallest absolute Gasteiger partial charge is 0.0593 e. The topological polar surface area (TPSA) is 20.2 Å². The summed E-state index contributed by atoms with van der Waals surface area (Å²) in [6.07, 6.45) is 5.83. The van der Waals surface area contributed by atoms with Gasteiger partial charge in [-0.3, -0.25) is 0 Å². The van der Waals surface area contributed by atoms with Crippen molar-refractivity contribution in [3.05, 3.63) is 0 Å². The Hall–Kier alpha value is -0.0400. The lowest BCUT2D eigenvalue weighted by atomic mass is 9.66. The minimum atomic E-state index is -0.0359. The molecule has 0 aliphatic heterocycles. The fourth-order valence-corrected chi connectivity index (χ4v) is 1.69. The van der Waals surface area contributed by atoms with Crippen LogP contribution < -0.4 is 0 Å². The first-order chi connectivity index (χ1) is 4.69. The van der Waals surface area contributed by atoms with Gasteiger partial charge < -0.3 is 5.11 Å². The molecule has 1 aliphatic rings. The lowest BCUT2D eigenvalue weighted by Gasteiger charge is -2.42. The molecule has 1 atom stereocenters. The number of hydrogen-bond acceptors (Lipinski definition) is 1. The maximum atomic E-state index is 9.63. The Labute approximate surface area is 63.4 Å². The number of rotatable bonds is 3. The highest BCUT2D eigenvalue weighted by molar-refractivity contribution is 4.89. The van der Waals surface area contributed by atoms with Gasteiger partial charge in [0, 0.05) is 0 Å². The summed E-state index contributed by atoms with van der Waals surface area (Å²) in [5.74, 6) is 0. The van der Waals surface area contributed by atoms with Crippen LogP contribution in [0.25, 0.3) is 0 Å². The fraction of sp³-hybridized carbons (Fsp3) is 1.00. The molecule has 0 radical (unpaired) electrons. The highest BCUT2D eigenvalue weighted by atomic mass is 16.3. The zero-order valence-electron chi connectivity index (χ0n) is 7.06. The van der Waals surface area contributed by atoms with Gasteiger partial charge in [-0.1, -0.05) is 26.7 Å². The van der Waals surface area contributed by atoms with E-state index >= 15 is 0 Å². The standard InChI is InChI=1S/C9H18O/c1-3-5-8(10)9(2)6-4-7-9/h8,10H,3-7H2,1-2H3. The average Bonchev–Trinajstić information content (AvgIpc) is 1.83.